The number of hydrogen-bond donors (Lipinski definition) is 1. The molecular weight excluding hydrogens is 352 g/mol. The van der Waals surface area contributed by atoms with Crippen LogP contribution in [0.5, 0.6) is 0 Å². The summed E-state index contributed by atoms with van der Waals surface area (Å²) in [6, 6.07) is 18.3. The van der Waals surface area contributed by atoms with Crippen LogP contribution in [0.25, 0.3) is 0 Å². The molecule has 1 aliphatic heterocycles. The number of benzene rings is 2. The van der Waals surface area contributed by atoms with Crippen LogP contribution in [0, 0.1) is 5.92 Å². The van der Waals surface area contributed by atoms with Gasteiger partial charge in [0.25, 0.3) is 0 Å². The van der Waals surface area contributed by atoms with Crippen molar-refractivity contribution in [1.29, 1.82) is 0 Å². The molecule has 0 bridgehead atoms. The number of carbonyl (C=O) groups excluding carboxylic acids is 1. The van der Waals surface area contributed by atoms with Crippen LogP contribution in [0.1, 0.15) is 18.4 Å². The van der Waals surface area contributed by atoms with Crippen LogP contribution in [-0.4, -0.2) is 24.0 Å². The summed E-state index contributed by atoms with van der Waals surface area (Å²) in [5.74, 6) is 0.675. The molecule has 3 nitrogen and oxygen atoms in total. The van der Waals surface area contributed by atoms with E-state index in [1.165, 1.54) is 5.56 Å². The lowest BCUT2D eigenvalue weighted by atomic mass is 9.90. The summed E-state index contributed by atoms with van der Waals surface area (Å²) in [5, 5.41) is 2.97. The van der Waals surface area contributed by atoms with E-state index in [1.807, 2.05) is 29.2 Å². The molecule has 3 rings (SSSR count). The molecule has 0 aliphatic carbocycles. The number of hydrogen-bond acceptors (Lipinski definition) is 1. The monoisotopic (exact) mass is 372 g/mol. The fourth-order valence-electron chi connectivity index (χ4n) is 3.02. The van der Waals surface area contributed by atoms with Crippen LogP contribution in [0.3, 0.4) is 0 Å². The lowest BCUT2D eigenvalue weighted by Gasteiger charge is -2.32. The Kier molecular flexibility index (Phi) is 5.34. The molecule has 2 aromatic rings. The summed E-state index contributed by atoms with van der Waals surface area (Å²) in [6.45, 7) is 1.67. The Morgan fingerprint density at radius 3 is 2.35 bits per heavy atom. The molecule has 0 unspecified atom stereocenters. The van der Waals surface area contributed by atoms with Gasteiger partial charge in [0.2, 0.25) is 0 Å². The highest BCUT2D eigenvalue weighted by Gasteiger charge is 2.22. The Hall–Kier alpha value is -1.81. The minimum absolute atomic E-state index is 0.00508. The number of amides is 2. The maximum absolute atomic E-state index is 12.3. The van der Waals surface area contributed by atoms with E-state index in [4.69, 9.17) is 0 Å². The van der Waals surface area contributed by atoms with Crippen LogP contribution in [-0.2, 0) is 6.42 Å². The number of anilines is 1. The number of rotatable bonds is 3. The highest BCUT2D eigenvalue weighted by molar-refractivity contribution is 9.10. The van der Waals surface area contributed by atoms with E-state index in [0.29, 0.717) is 5.92 Å². The number of halogens is 1. The van der Waals surface area contributed by atoms with Gasteiger partial charge in [-0.15, -0.1) is 0 Å². The van der Waals surface area contributed by atoms with Gasteiger partial charge < -0.3 is 10.2 Å². The van der Waals surface area contributed by atoms with Crippen molar-refractivity contribution in [2.75, 3.05) is 18.4 Å². The zero-order valence-corrected chi connectivity index (χ0v) is 14.6. The van der Waals surface area contributed by atoms with Crippen molar-refractivity contribution in [2.24, 2.45) is 5.92 Å². The normalized spacial score (nSPS) is 15.4. The Labute approximate surface area is 145 Å². The topological polar surface area (TPSA) is 32.3 Å². The summed E-state index contributed by atoms with van der Waals surface area (Å²) < 4.78 is 1.01. The molecule has 0 spiro atoms. The molecular formula is C19H21BrN2O. The van der Waals surface area contributed by atoms with Crippen LogP contribution in [0.4, 0.5) is 10.5 Å². The van der Waals surface area contributed by atoms with Gasteiger partial charge in [-0.2, -0.15) is 0 Å². The van der Waals surface area contributed by atoms with Gasteiger partial charge in [0.15, 0.2) is 0 Å². The van der Waals surface area contributed by atoms with E-state index >= 15 is 0 Å². The Morgan fingerprint density at radius 1 is 1.04 bits per heavy atom. The van der Waals surface area contributed by atoms with E-state index < -0.39 is 0 Å². The van der Waals surface area contributed by atoms with E-state index in [1.54, 1.807) is 0 Å². The van der Waals surface area contributed by atoms with Gasteiger partial charge in [0.05, 0.1) is 0 Å². The first kappa shape index (κ1) is 16.1. The molecule has 0 atom stereocenters. The van der Waals surface area contributed by atoms with Gasteiger partial charge in [0, 0.05) is 23.2 Å². The minimum Gasteiger partial charge on any atom is -0.325 e. The number of nitrogens with zero attached hydrogens (tertiary/aromatic N) is 1. The molecule has 4 heteroatoms. The highest BCUT2D eigenvalue weighted by Crippen LogP contribution is 2.22. The second-order valence-corrected chi connectivity index (χ2v) is 6.97. The van der Waals surface area contributed by atoms with E-state index in [2.05, 4.69) is 51.6 Å². The van der Waals surface area contributed by atoms with E-state index in [9.17, 15) is 4.79 Å². The molecule has 0 saturated carbocycles. The maximum atomic E-state index is 12.3. The molecule has 23 heavy (non-hydrogen) atoms. The smallest absolute Gasteiger partial charge is 0.321 e. The van der Waals surface area contributed by atoms with Gasteiger partial charge >= 0.3 is 6.03 Å². The molecule has 1 saturated heterocycles. The van der Waals surface area contributed by atoms with Crippen LogP contribution in [0.2, 0.25) is 0 Å². The van der Waals surface area contributed by atoms with E-state index in [-0.39, 0.29) is 6.03 Å². The second-order valence-electron chi connectivity index (χ2n) is 6.06. The van der Waals surface area contributed by atoms with Crippen molar-refractivity contribution in [2.45, 2.75) is 19.3 Å². The second kappa shape index (κ2) is 7.64. The first-order chi connectivity index (χ1) is 11.2. The molecule has 1 heterocycles. The summed E-state index contributed by atoms with van der Waals surface area (Å²) >= 11 is 3.40. The fourth-order valence-corrected chi connectivity index (χ4v) is 3.29. The molecule has 0 radical (unpaired) electrons. The van der Waals surface area contributed by atoms with E-state index in [0.717, 1.165) is 42.5 Å². The SMILES string of the molecule is O=C(Nc1ccc(Br)cc1)N1CCC(Cc2ccccc2)CC1. The zero-order chi connectivity index (χ0) is 16.1. The summed E-state index contributed by atoms with van der Waals surface area (Å²) in [7, 11) is 0. The molecule has 0 aromatic heterocycles. The quantitative estimate of drug-likeness (QED) is 0.813. The van der Waals surface area contributed by atoms with Crippen molar-refractivity contribution in [3.63, 3.8) is 0 Å². The largest absolute Gasteiger partial charge is 0.325 e. The Bertz CT molecular complexity index is 634. The summed E-state index contributed by atoms with van der Waals surface area (Å²) in [6.07, 6.45) is 3.26. The van der Waals surface area contributed by atoms with Gasteiger partial charge in [-0.05, 0) is 55.0 Å². The molecule has 2 aromatic carbocycles. The number of urea groups is 1. The Morgan fingerprint density at radius 2 is 1.70 bits per heavy atom. The van der Waals surface area contributed by atoms with Crippen molar-refractivity contribution < 1.29 is 4.79 Å². The Balaban J connectivity index is 1.48. The first-order valence-electron chi connectivity index (χ1n) is 8.06. The van der Waals surface area contributed by atoms with Crippen molar-refractivity contribution in [3.05, 3.63) is 64.6 Å². The molecule has 2 amide bonds. The summed E-state index contributed by atoms with van der Waals surface area (Å²) in [4.78, 5) is 14.2. The van der Waals surface area contributed by atoms with Crippen molar-refractivity contribution >= 4 is 27.6 Å². The fraction of sp³-hybridized carbons (Fsp3) is 0.316. The minimum atomic E-state index is 0.00508. The number of likely N-dealkylation sites (tertiary alicyclic amines) is 1. The average Bonchev–Trinajstić information content (AvgIpc) is 2.58. The van der Waals surface area contributed by atoms with Gasteiger partial charge in [-0.3, -0.25) is 0 Å². The third kappa shape index (κ3) is 4.58. The van der Waals surface area contributed by atoms with Gasteiger partial charge in [-0.1, -0.05) is 46.3 Å². The average molecular weight is 373 g/mol. The predicted molar refractivity (Wildman–Crippen MR) is 97.6 cm³/mol. The van der Waals surface area contributed by atoms with Crippen LogP contribution in [0.15, 0.2) is 59.1 Å². The van der Waals surface area contributed by atoms with Crippen molar-refractivity contribution in [1.82, 2.24) is 4.90 Å². The number of piperidine rings is 1. The lowest BCUT2D eigenvalue weighted by Crippen LogP contribution is -2.41. The molecule has 1 aliphatic rings. The van der Waals surface area contributed by atoms with Crippen molar-refractivity contribution in [3.8, 4) is 0 Å². The van der Waals surface area contributed by atoms with Crippen LogP contribution >= 0.6 is 15.9 Å². The summed E-state index contributed by atoms with van der Waals surface area (Å²) in [5.41, 5.74) is 2.23. The highest BCUT2D eigenvalue weighted by atomic mass is 79.9. The molecule has 1 fully saturated rings. The number of carbonyl (C=O) groups is 1. The van der Waals surface area contributed by atoms with Crippen LogP contribution < -0.4 is 5.32 Å². The van der Waals surface area contributed by atoms with Gasteiger partial charge in [0.1, 0.15) is 0 Å². The lowest BCUT2D eigenvalue weighted by molar-refractivity contribution is 0.182. The first-order valence-corrected chi connectivity index (χ1v) is 8.85. The number of nitrogens with one attached hydrogen (secondary N) is 1. The maximum Gasteiger partial charge on any atom is 0.321 e. The standard InChI is InChI=1S/C19H21BrN2O/c20-17-6-8-18(9-7-17)21-19(23)22-12-10-16(11-13-22)14-15-4-2-1-3-5-15/h1-9,16H,10-14H2,(H,21,23). The third-order valence-corrected chi connectivity index (χ3v) is 4.89. The molecule has 120 valence electrons. The third-order valence-electron chi connectivity index (χ3n) is 4.36. The molecule has 1 N–H and O–H groups in total. The van der Waals surface area contributed by atoms with Gasteiger partial charge in [-0.25, -0.2) is 4.79 Å². The zero-order valence-electron chi connectivity index (χ0n) is 13.0. The predicted octanol–water partition coefficient (Wildman–Crippen LogP) is 4.94.